The molecule has 0 saturated heterocycles. The van der Waals surface area contributed by atoms with E-state index in [0.29, 0.717) is 6.04 Å². The van der Waals surface area contributed by atoms with Crippen LogP contribution >= 0.6 is 45.6 Å². The van der Waals surface area contributed by atoms with E-state index in [1.54, 1.807) is 22.7 Å². The van der Waals surface area contributed by atoms with Gasteiger partial charge in [-0.1, -0.05) is 30.7 Å². The van der Waals surface area contributed by atoms with Gasteiger partial charge >= 0.3 is 0 Å². The predicted molar refractivity (Wildman–Crippen MR) is 96.0 cm³/mol. The molecule has 2 atom stereocenters. The van der Waals surface area contributed by atoms with E-state index in [0.717, 1.165) is 10.8 Å². The Morgan fingerprint density at radius 1 is 1.00 bits per heavy atom. The minimum Gasteiger partial charge on any atom is -0.297 e. The summed E-state index contributed by atoms with van der Waals surface area (Å²) in [4.78, 5) is 4.00. The Hall–Kier alpha value is -0.650. The summed E-state index contributed by atoms with van der Waals surface area (Å²) < 4.78 is 0.845. The third-order valence-electron chi connectivity index (χ3n) is 3.37. The second-order valence-electron chi connectivity index (χ2n) is 4.73. The van der Waals surface area contributed by atoms with Crippen molar-refractivity contribution >= 4 is 45.6 Å². The Balaban J connectivity index is 1.89. The summed E-state index contributed by atoms with van der Waals surface area (Å²) in [5.74, 6) is 0. The van der Waals surface area contributed by atoms with Crippen LogP contribution in [0.5, 0.6) is 0 Å². The van der Waals surface area contributed by atoms with Crippen molar-refractivity contribution in [2.75, 3.05) is 0 Å². The van der Waals surface area contributed by atoms with Crippen molar-refractivity contribution < 1.29 is 0 Å². The van der Waals surface area contributed by atoms with Gasteiger partial charge in [0.15, 0.2) is 0 Å². The molecule has 0 amide bonds. The largest absolute Gasteiger partial charge is 0.297 e. The highest BCUT2D eigenvalue weighted by Crippen LogP contribution is 2.36. The van der Waals surface area contributed by atoms with Gasteiger partial charge < -0.3 is 0 Å². The smallest absolute Gasteiger partial charge is 0.0931 e. The standard InChI is InChI=1S/C16H16ClNS3/c1-2-11(12-5-3-9-19-12)18-16(13-6-4-10-20-13)14-7-8-15(17)21-14/h3-11,16,18H,2H2,1H3. The zero-order chi connectivity index (χ0) is 14.7. The summed E-state index contributed by atoms with van der Waals surface area (Å²) in [7, 11) is 0. The molecule has 5 heteroatoms. The fraction of sp³-hybridized carbons (Fsp3) is 0.250. The molecular formula is C16H16ClNS3. The highest BCUT2D eigenvalue weighted by atomic mass is 35.5. The zero-order valence-corrected chi connectivity index (χ0v) is 14.8. The van der Waals surface area contributed by atoms with Crippen molar-refractivity contribution in [3.8, 4) is 0 Å². The van der Waals surface area contributed by atoms with E-state index in [4.69, 9.17) is 11.6 Å². The molecule has 3 aromatic heterocycles. The Kier molecular flexibility index (Phi) is 5.14. The first-order valence-corrected chi connectivity index (χ1v) is 9.81. The van der Waals surface area contributed by atoms with E-state index in [1.165, 1.54) is 14.6 Å². The fourth-order valence-corrected chi connectivity index (χ4v) is 5.22. The molecule has 21 heavy (non-hydrogen) atoms. The van der Waals surface area contributed by atoms with Gasteiger partial charge in [0.05, 0.1) is 10.4 Å². The Morgan fingerprint density at radius 2 is 1.71 bits per heavy atom. The first kappa shape index (κ1) is 15.3. The van der Waals surface area contributed by atoms with Gasteiger partial charge in [-0.15, -0.1) is 34.0 Å². The molecule has 3 rings (SSSR count). The van der Waals surface area contributed by atoms with Crippen LogP contribution in [0.1, 0.15) is 40.1 Å². The van der Waals surface area contributed by atoms with E-state index >= 15 is 0 Å². The van der Waals surface area contributed by atoms with Crippen LogP contribution in [-0.4, -0.2) is 0 Å². The molecule has 0 bridgehead atoms. The second-order valence-corrected chi connectivity index (χ2v) is 8.44. The SMILES string of the molecule is CCC(NC(c1cccs1)c1ccc(Cl)s1)c1cccs1. The Morgan fingerprint density at radius 3 is 2.24 bits per heavy atom. The maximum Gasteiger partial charge on any atom is 0.0931 e. The topological polar surface area (TPSA) is 12.0 Å². The number of thiophene rings is 3. The lowest BCUT2D eigenvalue weighted by Crippen LogP contribution is -2.25. The van der Waals surface area contributed by atoms with E-state index in [-0.39, 0.29) is 6.04 Å². The first-order chi connectivity index (χ1) is 10.3. The summed E-state index contributed by atoms with van der Waals surface area (Å²) in [6, 6.07) is 13.3. The van der Waals surface area contributed by atoms with Crippen LogP contribution in [-0.2, 0) is 0 Å². The molecule has 0 saturated carbocycles. The zero-order valence-electron chi connectivity index (χ0n) is 11.6. The molecule has 3 aromatic rings. The summed E-state index contributed by atoms with van der Waals surface area (Å²) in [5, 5.41) is 8.08. The van der Waals surface area contributed by atoms with Crippen LogP contribution in [0, 0.1) is 0 Å². The number of rotatable bonds is 6. The summed E-state index contributed by atoms with van der Waals surface area (Å²) >= 11 is 11.4. The van der Waals surface area contributed by atoms with Gasteiger partial charge in [-0.2, -0.15) is 0 Å². The summed E-state index contributed by atoms with van der Waals surface area (Å²) in [5.41, 5.74) is 0. The van der Waals surface area contributed by atoms with Crippen molar-refractivity contribution in [3.05, 3.63) is 66.1 Å². The molecular weight excluding hydrogens is 338 g/mol. The Labute approximate surface area is 142 Å². The monoisotopic (exact) mass is 353 g/mol. The molecule has 1 N–H and O–H groups in total. The summed E-state index contributed by atoms with van der Waals surface area (Å²) in [6.07, 6.45) is 1.07. The molecule has 3 heterocycles. The number of nitrogens with one attached hydrogen (secondary N) is 1. The van der Waals surface area contributed by atoms with E-state index < -0.39 is 0 Å². The van der Waals surface area contributed by atoms with E-state index in [9.17, 15) is 0 Å². The van der Waals surface area contributed by atoms with Gasteiger partial charge in [-0.3, -0.25) is 5.32 Å². The molecule has 110 valence electrons. The van der Waals surface area contributed by atoms with Crippen molar-refractivity contribution in [1.82, 2.24) is 5.32 Å². The van der Waals surface area contributed by atoms with E-state index in [2.05, 4.69) is 53.3 Å². The number of hydrogen-bond acceptors (Lipinski definition) is 4. The first-order valence-electron chi connectivity index (χ1n) is 6.86. The normalized spacial score (nSPS) is 14.2. The molecule has 0 aliphatic heterocycles. The van der Waals surface area contributed by atoms with Crippen LogP contribution in [0.15, 0.2) is 47.2 Å². The second kappa shape index (κ2) is 7.07. The van der Waals surface area contributed by atoms with Gasteiger partial charge in [0, 0.05) is 20.7 Å². The lowest BCUT2D eigenvalue weighted by atomic mass is 10.1. The molecule has 0 aliphatic carbocycles. The third kappa shape index (κ3) is 3.58. The number of halogens is 1. The number of hydrogen-bond donors (Lipinski definition) is 1. The minimum atomic E-state index is 0.217. The van der Waals surface area contributed by atoms with Crippen molar-refractivity contribution in [2.45, 2.75) is 25.4 Å². The Bertz CT molecular complexity index is 658. The molecule has 0 spiro atoms. The van der Waals surface area contributed by atoms with Gasteiger partial charge in [-0.05, 0) is 41.4 Å². The molecule has 0 aromatic carbocycles. The van der Waals surface area contributed by atoms with Crippen molar-refractivity contribution in [2.24, 2.45) is 0 Å². The van der Waals surface area contributed by atoms with Gasteiger partial charge in [0.1, 0.15) is 0 Å². The lowest BCUT2D eigenvalue weighted by molar-refractivity contribution is 0.488. The van der Waals surface area contributed by atoms with Gasteiger partial charge in [-0.25, -0.2) is 0 Å². The highest BCUT2D eigenvalue weighted by molar-refractivity contribution is 7.16. The predicted octanol–water partition coefficient (Wildman–Crippen LogP) is 6.35. The molecule has 0 aliphatic rings. The van der Waals surface area contributed by atoms with Gasteiger partial charge in [0.2, 0.25) is 0 Å². The molecule has 0 fully saturated rings. The van der Waals surface area contributed by atoms with Crippen LogP contribution in [0.2, 0.25) is 4.34 Å². The van der Waals surface area contributed by atoms with Crippen molar-refractivity contribution in [3.63, 3.8) is 0 Å². The lowest BCUT2D eigenvalue weighted by Gasteiger charge is -2.23. The molecule has 0 radical (unpaired) electrons. The van der Waals surface area contributed by atoms with Crippen LogP contribution in [0.25, 0.3) is 0 Å². The minimum absolute atomic E-state index is 0.217. The van der Waals surface area contributed by atoms with Crippen LogP contribution in [0.4, 0.5) is 0 Å². The third-order valence-corrected chi connectivity index (χ3v) is 6.59. The maximum atomic E-state index is 6.13. The van der Waals surface area contributed by atoms with Crippen LogP contribution in [0.3, 0.4) is 0 Å². The highest BCUT2D eigenvalue weighted by Gasteiger charge is 2.21. The average molecular weight is 354 g/mol. The fourth-order valence-electron chi connectivity index (χ4n) is 2.34. The average Bonchev–Trinajstić information content (AvgIpc) is 3.21. The van der Waals surface area contributed by atoms with E-state index in [1.807, 2.05) is 17.4 Å². The molecule has 1 nitrogen and oxygen atoms in total. The molecule has 2 unspecified atom stereocenters. The van der Waals surface area contributed by atoms with Gasteiger partial charge in [0.25, 0.3) is 0 Å². The summed E-state index contributed by atoms with van der Waals surface area (Å²) in [6.45, 7) is 2.23. The maximum absolute atomic E-state index is 6.13. The van der Waals surface area contributed by atoms with Crippen molar-refractivity contribution in [1.29, 1.82) is 0 Å². The van der Waals surface area contributed by atoms with Crippen LogP contribution < -0.4 is 5.32 Å². The quantitative estimate of drug-likeness (QED) is 0.544.